The van der Waals surface area contributed by atoms with Crippen molar-refractivity contribution in [2.24, 2.45) is 0 Å². The van der Waals surface area contributed by atoms with Crippen LogP contribution in [0.1, 0.15) is 11.1 Å². The lowest BCUT2D eigenvalue weighted by molar-refractivity contribution is 0.698. The number of aromatic nitrogens is 3. The van der Waals surface area contributed by atoms with Gasteiger partial charge in [-0.05, 0) is 17.5 Å². The smallest absolute Gasteiger partial charge is 0.342 e. The Morgan fingerprint density at radius 1 is 1.17 bits per heavy atom. The summed E-state index contributed by atoms with van der Waals surface area (Å²) in [6, 6.07) is 8.13. The molecule has 0 atom stereocenters. The van der Waals surface area contributed by atoms with E-state index >= 15 is 0 Å². The minimum absolute atomic E-state index is 0.268. The quantitative estimate of drug-likeness (QED) is 0.741. The van der Waals surface area contributed by atoms with E-state index in [9.17, 15) is 9.59 Å². The Kier molecular flexibility index (Phi) is 2.47. The Morgan fingerprint density at radius 2 is 1.94 bits per heavy atom. The second kappa shape index (κ2) is 4.14. The van der Waals surface area contributed by atoms with Gasteiger partial charge < -0.3 is 4.90 Å². The van der Waals surface area contributed by atoms with Gasteiger partial charge in [-0.2, -0.15) is 0 Å². The Morgan fingerprint density at radius 3 is 2.72 bits per heavy atom. The normalized spacial score (nSPS) is 14.3. The maximum absolute atomic E-state index is 11.7. The third kappa shape index (κ3) is 1.81. The number of rotatable bonds is 1. The van der Waals surface area contributed by atoms with E-state index in [-0.39, 0.29) is 5.82 Å². The highest BCUT2D eigenvalue weighted by atomic mass is 16.2. The van der Waals surface area contributed by atoms with Crippen molar-refractivity contribution in [2.45, 2.75) is 13.0 Å². The molecule has 18 heavy (non-hydrogen) atoms. The van der Waals surface area contributed by atoms with Gasteiger partial charge in [0.15, 0.2) is 0 Å². The molecule has 0 saturated carbocycles. The molecule has 0 amide bonds. The van der Waals surface area contributed by atoms with Crippen LogP contribution in [0.2, 0.25) is 0 Å². The minimum atomic E-state index is -0.582. The molecule has 1 aromatic heterocycles. The minimum Gasteiger partial charge on any atom is -0.346 e. The van der Waals surface area contributed by atoms with E-state index in [0.717, 1.165) is 13.0 Å². The summed E-state index contributed by atoms with van der Waals surface area (Å²) in [5, 5.41) is 6.08. The van der Waals surface area contributed by atoms with Crippen molar-refractivity contribution in [3.8, 4) is 0 Å². The molecule has 1 aliphatic rings. The molecule has 3 rings (SSSR count). The van der Waals surface area contributed by atoms with Crippen LogP contribution in [0.15, 0.2) is 33.9 Å². The van der Waals surface area contributed by atoms with E-state index in [1.807, 2.05) is 23.1 Å². The number of aromatic amines is 2. The summed E-state index contributed by atoms with van der Waals surface area (Å²) >= 11 is 0. The molecule has 0 fully saturated rings. The van der Waals surface area contributed by atoms with Crippen molar-refractivity contribution in [1.29, 1.82) is 0 Å². The topological polar surface area (TPSA) is 81.8 Å². The summed E-state index contributed by atoms with van der Waals surface area (Å²) in [7, 11) is 0. The fourth-order valence-electron chi connectivity index (χ4n) is 2.23. The Labute approximate surface area is 102 Å². The molecule has 0 saturated heterocycles. The zero-order chi connectivity index (χ0) is 12.5. The molecule has 0 radical (unpaired) electrons. The third-order valence-electron chi connectivity index (χ3n) is 3.12. The lowest BCUT2D eigenvalue weighted by Crippen LogP contribution is -2.37. The number of hydrogen-bond donors (Lipinski definition) is 2. The summed E-state index contributed by atoms with van der Waals surface area (Å²) in [5.74, 6) is 0.268. The lowest BCUT2D eigenvalue weighted by Gasteiger charge is -2.28. The van der Waals surface area contributed by atoms with Gasteiger partial charge in [0.2, 0.25) is 5.82 Å². The Hall–Kier alpha value is -2.37. The van der Waals surface area contributed by atoms with Crippen LogP contribution in [-0.4, -0.2) is 21.7 Å². The van der Waals surface area contributed by atoms with Crippen molar-refractivity contribution in [3.63, 3.8) is 0 Å². The molecule has 1 aromatic carbocycles. The van der Waals surface area contributed by atoms with E-state index in [1.165, 1.54) is 11.1 Å². The van der Waals surface area contributed by atoms with Gasteiger partial charge in [0.1, 0.15) is 0 Å². The van der Waals surface area contributed by atoms with Gasteiger partial charge in [-0.15, -0.1) is 5.10 Å². The van der Waals surface area contributed by atoms with Gasteiger partial charge in [-0.1, -0.05) is 24.3 Å². The lowest BCUT2D eigenvalue weighted by atomic mass is 10.0. The zero-order valence-corrected chi connectivity index (χ0v) is 9.64. The van der Waals surface area contributed by atoms with Crippen molar-refractivity contribution in [3.05, 3.63) is 56.2 Å². The van der Waals surface area contributed by atoms with Crippen LogP contribution in [0.4, 0.5) is 5.82 Å². The molecule has 0 aliphatic carbocycles. The number of benzene rings is 1. The summed E-state index contributed by atoms with van der Waals surface area (Å²) in [6.07, 6.45) is 0.871. The van der Waals surface area contributed by atoms with E-state index in [1.54, 1.807) is 0 Å². The largest absolute Gasteiger partial charge is 0.346 e. The first-order valence-electron chi connectivity index (χ1n) is 5.75. The van der Waals surface area contributed by atoms with Crippen LogP contribution in [0.25, 0.3) is 0 Å². The fourth-order valence-corrected chi connectivity index (χ4v) is 2.23. The molecule has 6 nitrogen and oxygen atoms in total. The van der Waals surface area contributed by atoms with Crippen LogP contribution in [0.3, 0.4) is 0 Å². The van der Waals surface area contributed by atoms with Crippen LogP contribution < -0.4 is 16.1 Å². The maximum atomic E-state index is 11.7. The number of anilines is 1. The highest BCUT2D eigenvalue weighted by Crippen LogP contribution is 2.20. The monoisotopic (exact) mass is 244 g/mol. The fraction of sp³-hybridized carbons (Fsp3) is 0.250. The van der Waals surface area contributed by atoms with Gasteiger partial charge in [-0.25, -0.2) is 9.89 Å². The highest BCUT2D eigenvalue weighted by Gasteiger charge is 2.19. The van der Waals surface area contributed by atoms with E-state index in [4.69, 9.17) is 0 Å². The van der Waals surface area contributed by atoms with E-state index < -0.39 is 11.2 Å². The first-order valence-corrected chi connectivity index (χ1v) is 5.75. The summed E-state index contributed by atoms with van der Waals surface area (Å²) in [5.41, 5.74) is 1.46. The van der Waals surface area contributed by atoms with Crippen LogP contribution >= 0.6 is 0 Å². The molecule has 92 valence electrons. The predicted molar refractivity (Wildman–Crippen MR) is 66.7 cm³/mol. The first-order chi connectivity index (χ1) is 8.74. The van der Waals surface area contributed by atoms with Crippen LogP contribution in [0, 0.1) is 0 Å². The van der Waals surface area contributed by atoms with Crippen LogP contribution in [-0.2, 0) is 13.0 Å². The zero-order valence-electron chi connectivity index (χ0n) is 9.64. The second-order valence-electron chi connectivity index (χ2n) is 4.27. The van der Waals surface area contributed by atoms with Gasteiger partial charge in [0, 0.05) is 13.1 Å². The predicted octanol–water partition coefficient (Wildman–Crippen LogP) is 0.0209. The SMILES string of the molecule is O=c1[nH]nc(N2CCc3ccccc3C2)c(=O)[nH]1. The van der Waals surface area contributed by atoms with Crippen molar-refractivity contribution in [2.75, 3.05) is 11.4 Å². The van der Waals surface area contributed by atoms with Gasteiger partial charge in [-0.3, -0.25) is 9.78 Å². The average molecular weight is 244 g/mol. The molecule has 2 aromatic rings. The number of nitrogens with zero attached hydrogens (tertiary/aromatic N) is 2. The van der Waals surface area contributed by atoms with Gasteiger partial charge in [0.25, 0.3) is 5.56 Å². The molecule has 2 N–H and O–H groups in total. The Balaban J connectivity index is 1.97. The number of H-pyrrole nitrogens is 2. The van der Waals surface area contributed by atoms with Gasteiger partial charge >= 0.3 is 5.69 Å². The molecule has 1 aliphatic heterocycles. The summed E-state index contributed by atoms with van der Waals surface area (Å²) in [4.78, 5) is 26.7. The van der Waals surface area contributed by atoms with Crippen molar-refractivity contribution < 1.29 is 0 Å². The first kappa shape index (κ1) is 10.8. The molecule has 0 spiro atoms. The average Bonchev–Trinajstić information content (AvgIpc) is 2.38. The third-order valence-corrected chi connectivity index (χ3v) is 3.12. The van der Waals surface area contributed by atoms with Crippen LogP contribution in [0.5, 0.6) is 0 Å². The van der Waals surface area contributed by atoms with E-state index in [0.29, 0.717) is 6.54 Å². The second-order valence-corrected chi connectivity index (χ2v) is 4.27. The van der Waals surface area contributed by atoms with Gasteiger partial charge in [0.05, 0.1) is 0 Å². The number of fused-ring (bicyclic) bond motifs is 1. The Bertz CT molecular complexity index is 689. The summed E-state index contributed by atoms with van der Waals surface area (Å²) < 4.78 is 0. The number of hydrogen-bond acceptors (Lipinski definition) is 4. The maximum Gasteiger partial charge on any atom is 0.342 e. The molecule has 0 unspecified atom stereocenters. The number of nitrogens with one attached hydrogen (secondary N) is 2. The van der Waals surface area contributed by atoms with Crippen molar-refractivity contribution >= 4 is 5.82 Å². The van der Waals surface area contributed by atoms with E-state index in [2.05, 4.69) is 21.2 Å². The van der Waals surface area contributed by atoms with Crippen molar-refractivity contribution in [1.82, 2.24) is 15.2 Å². The molecular weight excluding hydrogens is 232 g/mol. The summed E-state index contributed by atoms with van der Waals surface area (Å²) in [6.45, 7) is 1.36. The molecule has 2 heterocycles. The highest BCUT2D eigenvalue weighted by molar-refractivity contribution is 5.41. The standard InChI is InChI=1S/C12H12N4O2/c17-11-10(14-15-12(18)13-11)16-6-5-8-3-1-2-4-9(8)7-16/h1-4H,5-7H2,(H2,13,15,17,18). The molecule has 0 bridgehead atoms. The molecule has 6 heteroatoms. The molecular formula is C12H12N4O2.